The summed E-state index contributed by atoms with van der Waals surface area (Å²) in [6.07, 6.45) is 2.94. The molecule has 2 aliphatic heterocycles. The van der Waals surface area contributed by atoms with Gasteiger partial charge >= 0.3 is 6.09 Å². The molecule has 1 unspecified atom stereocenters. The number of ether oxygens (including phenoxy) is 2. The molecule has 0 aliphatic carbocycles. The average Bonchev–Trinajstić information content (AvgIpc) is 2.90. The van der Waals surface area contributed by atoms with Crippen molar-refractivity contribution < 1.29 is 23.1 Å². The monoisotopic (exact) mass is 548 g/mol. The summed E-state index contributed by atoms with van der Waals surface area (Å²) < 4.78 is 32.4. The van der Waals surface area contributed by atoms with E-state index < -0.39 is 22.2 Å². The van der Waals surface area contributed by atoms with Crippen molar-refractivity contribution >= 4 is 29.3 Å². The highest BCUT2D eigenvalue weighted by Gasteiger charge is 2.33. The van der Waals surface area contributed by atoms with E-state index in [1.807, 2.05) is 39.0 Å². The molecular weight excluding hydrogens is 512 g/mol. The Morgan fingerprint density at radius 1 is 1.22 bits per heavy atom. The lowest BCUT2D eigenvalue weighted by Crippen LogP contribution is -2.42. The zero-order chi connectivity index (χ0) is 26.4. The first kappa shape index (κ1) is 28.2. The van der Waals surface area contributed by atoms with Gasteiger partial charge in [0.05, 0.1) is 19.3 Å². The maximum Gasteiger partial charge on any atom is 0.428 e. The standard InChI is InChI=1S/C28H37ClN2O5S/c1-28(2,3)37(33)30-25(10-11-26-34-14-7-15-35-26)24-18-21(16-20-8-5-4-6-9-20)17-22-19-31(27(32)36-29)13-12-23(22)24/h4-6,8-9,17-18,25-26,30H,7,10-16,19H2,1-3H3/t25-,37?/m0/s1. The molecule has 0 bridgehead atoms. The third-order valence-corrected chi connectivity index (χ3v) is 8.52. The number of nitrogens with one attached hydrogen (secondary N) is 1. The Balaban J connectivity index is 1.69. The minimum atomic E-state index is -1.27. The minimum Gasteiger partial charge on any atom is -0.598 e. The van der Waals surface area contributed by atoms with Crippen LogP contribution in [0.5, 0.6) is 0 Å². The summed E-state index contributed by atoms with van der Waals surface area (Å²) in [6, 6.07) is 14.5. The number of amides is 1. The van der Waals surface area contributed by atoms with Gasteiger partial charge in [0.15, 0.2) is 6.29 Å². The largest absolute Gasteiger partial charge is 0.598 e. The fraction of sp³-hybridized carbons (Fsp3) is 0.536. The van der Waals surface area contributed by atoms with Crippen LogP contribution in [-0.2, 0) is 44.5 Å². The Morgan fingerprint density at radius 2 is 1.95 bits per heavy atom. The summed E-state index contributed by atoms with van der Waals surface area (Å²) >= 11 is 4.12. The highest BCUT2D eigenvalue weighted by atomic mass is 35.5. The minimum absolute atomic E-state index is 0.162. The van der Waals surface area contributed by atoms with Crippen molar-refractivity contribution in [2.45, 2.75) is 76.5 Å². The first-order valence-corrected chi connectivity index (χ1v) is 14.4. The molecule has 37 heavy (non-hydrogen) atoms. The van der Waals surface area contributed by atoms with Crippen LogP contribution >= 0.6 is 11.9 Å². The molecule has 1 fully saturated rings. The highest BCUT2D eigenvalue weighted by Crippen LogP contribution is 2.34. The van der Waals surface area contributed by atoms with E-state index >= 15 is 0 Å². The molecule has 2 atom stereocenters. The summed E-state index contributed by atoms with van der Waals surface area (Å²) in [6.45, 7) is 8.23. The number of nitrogens with zero attached hydrogens (tertiary/aromatic N) is 1. The smallest absolute Gasteiger partial charge is 0.428 e. The molecule has 1 amide bonds. The van der Waals surface area contributed by atoms with Crippen molar-refractivity contribution in [3.05, 3.63) is 70.3 Å². The molecule has 7 nitrogen and oxygen atoms in total. The summed E-state index contributed by atoms with van der Waals surface area (Å²) in [4.78, 5) is 13.8. The van der Waals surface area contributed by atoms with E-state index in [9.17, 15) is 9.35 Å². The van der Waals surface area contributed by atoms with Crippen molar-refractivity contribution in [1.29, 1.82) is 0 Å². The van der Waals surface area contributed by atoms with Gasteiger partial charge in [0.2, 0.25) is 0 Å². The van der Waals surface area contributed by atoms with Crippen LogP contribution in [0.15, 0.2) is 42.5 Å². The second-order valence-corrected chi connectivity index (χ2v) is 12.8. The van der Waals surface area contributed by atoms with Crippen LogP contribution in [0, 0.1) is 0 Å². The van der Waals surface area contributed by atoms with Crippen molar-refractivity contribution in [2.24, 2.45) is 0 Å². The Morgan fingerprint density at radius 3 is 2.62 bits per heavy atom. The normalized spacial score (nSPS) is 18.2. The zero-order valence-corrected chi connectivity index (χ0v) is 23.4. The third kappa shape index (κ3) is 7.62. The highest BCUT2D eigenvalue weighted by molar-refractivity contribution is 7.90. The Kier molecular flexibility index (Phi) is 9.78. The number of hydrogen-bond acceptors (Lipinski definition) is 6. The Bertz CT molecular complexity index is 1040. The van der Waals surface area contributed by atoms with Crippen molar-refractivity contribution in [1.82, 2.24) is 9.62 Å². The van der Waals surface area contributed by atoms with E-state index in [2.05, 4.69) is 33.3 Å². The fourth-order valence-electron chi connectivity index (χ4n) is 4.84. The number of halogens is 1. The van der Waals surface area contributed by atoms with Crippen LogP contribution in [0.4, 0.5) is 4.79 Å². The average molecular weight is 549 g/mol. The van der Waals surface area contributed by atoms with Crippen LogP contribution in [0.25, 0.3) is 0 Å². The van der Waals surface area contributed by atoms with E-state index in [-0.39, 0.29) is 12.3 Å². The Labute approximate surface area is 228 Å². The van der Waals surface area contributed by atoms with Gasteiger partial charge in [-0.3, -0.25) is 0 Å². The first-order chi connectivity index (χ1) is 17.7. The van der Waals surface area contributed by atoms with E-state index in [0.717, 1.165) is 29.5 Å². The SMILES string of the molecule is CC(C)(C)[S+]([O-])N[C@@H](CCC1OCCCO1)c1cc(Cc2ccccc2)cc2c1CCN(C(=O)OCl)C2. The lowest BCUT2D eigenvalue weighted by atomic mass is 9.86. The summed E-state index contributed by atoms with van der Waals surface area (Å²) in [7, 11) is 0. The van der Waals surface area contributed by atoms with Gasteiger partial charge in [-0.05, 0) is 74.3 Å². The fourth-order valence-corrected chi connectivity index (χ4v) is 5.80. The second kappa shape index (κ2) is 12.8. The molecule has 1 saturated heterocycles. The number of hydrogen-bond donors (Lipinski definition) is 1. The molecule has 2 heterocycles. The predicted molar refractivity (Wildman–Crippen MR) is 145 cm³/mol. The molecule has 0 radical (unpaired) electrons. The van der Waals surface area contributed by atoms with Gasteiger partial charge in [-0.1, -0.05) is 42.5 Å². The van der Waals surface area contributed by atoms with Crippen molar-refractivity contribution in [3.63, 3.8) is 0 Å². The van der Waals surface area contributed by atoms with Gasteiger partial charge < -0.3 is 23.2 Å². The van der Waals surface area contributed by atoms with Gasteiger partial charge in [0.1, 0.15) is 16.6 Å². The molecule has 202 valence electrons. The summed E-state index contributed by atoms with van der Waals surface area (Å²) in [5, 5.41) is 0. The van der Waals surface area contributed by atoms with E-state index in [0.29, 0.717) is 45.6 Å². The van der Waals surface area contributed by atoms with E-state index in [1.165, 1.54) is 11.1 Å². The number of benzene rings is 2. The molecule has 0 spiro atoms. The van der Waals surface area contributed by atoms with Gasteiger partial charge in [-0.25, -0.2) is 4.79 Å². The lowest BCUT2D eigenvalue weighted by molar-refractivity contribution is -0.182. The summed E-state index contributed by atoms with van der Waals surface area (Å²) in [5.74, 6) is 0. The zero-order valence-electron chi connectivity index (χ0n) is 21.8. The topological polar surface area (TPSA) is 83.1 Å². The third-order valence-electron chi connectivity index (χ3n) is 6.77. The van der Waals surface area contributed by atoms with Gasteiger partial charge in [-0.15, -0.1) is 4.72 Å². The van der Waals surface area contributed by atoms with Crippen LogP contribution < -0.4 is 4.72 Å². The molecule has 9 heteroatoms. The summed E-state index contributed by atoms with van der Waals surface area (Å²) in [5.41, 5.74) is 5.71. The number of carbonyl (C=O) groups is 1. The molecule has 0 saturated carbocycles. The van der Waals surface area contributed by atoms with Crippen molar-refractivity contribution in [2.75, 3.05) is 19.8 Å². The quantitative estimate of drug-likeness (QED) is 0.435. The molecule has 2 aliphatic rings. The Hall–Kier alpha value is -1.81. The number of carbonyl (C=O) groups excluding carboxylic acids is 1. The molecule has 1 N–H and O–H groups in total. The van der Waals surface area contributed by atoms with Gasteiger partial charge in [-0.2, -0.15) is 0 Å². The number of fused-ring (bicyclic) bond motifs is 1. The van der Waals surface area contributed by atoms with Crippen LogP contribution in [0.3, 0.4) is 0 Å². The molecule has 0 aromatic heterocycles. The number of rotatable bonds is 8. The van der Waals surface area contributed by atoms with Gasteiger partial charge in [0.25, 0.3) is 0 Å². The van der Waals surface area contributed by atoms with E-state index in [1.54, 1.807) is 4.90 Å². The maximum atomic E-state index is 13.3. The van der Waals surface area contributed by atoms with Gasteiger partial charge in [0, 0.05) is 30.9 Å². The maximum absolute atomic E-state index is 13.3. The second-order valence-electron chi connectivity index (χ2n) is 10.7. The first-order valence-electron chi connectivity index (χ1n) is 12.9. The molecule has 2 aromatic rings. The predicted octanol–water partition coefficient (Wildman–Crippen LogP) is 5.56. The van der Waals surface area contributed by atoms with Crippen LogP contribution in [-0.4, -0.2) is 46.3 Å². The van der Waals surface area contributed by atoms with Crippen LogP contribution in [0.1, 0.15) is 73.9 Å². The van der Waals surface area contributed by atoms with E-state index in [4.69, 9.17) is 21.3 Å². The van der Waals surface area contributed by atoms with Crippen molar-refractivity contribution in [3.8, 4) is 0 Å². The molecule has 2 aromatic carbocycles. The molecular formula is C28H37ClN2O5S. The van der Waals surface area contributed by atoms with Crippen LogP contribution in [0.2, 0.25) is 0 Å². The lowest BCUT2D eigenvalue weighted by Gasteiger charge is -2.34. The molecule has 4 rings (SSSR count).